The second-order valence-corrected chi connectivity index (χ2v) is 5.75. The molecule has 0 amide bonds. The van der Waals surface area contributed by atoms with Crippen molar-refractivity contribution in [2.24, 2.45) is 7.05 Å². The van der Waals surface area contributed by atoms with E-state index in [1.54, 1.807) is 24.9 Å². The van der Waals surface area contributed by atoms with Gasteiger partial charge in [-0.3, -0.25) is 4.68 Å². The third-order valence-corrected chi connectivity index (χ3v) is 4.11. The summed E-state index contributed by atoms with van der Waals surface area (Å²) >= 11 is 0. The molecule has 0 fully saturated rings. The Hall–Kier alpha value is -2.45. The van der Waals surface area contributed by atoms with Crippen LogP contribution in [0.1, 0.15) is 47.0 Å². The zero-order chi connectivity index (χ0) is 17.4. The number of nitrogens with zero attached hydrogens (tertiary/aromatic N) is 4. The minimum absolute atomic E-state index is 0.154. The first-order valence-corrected chi connectivity index (χ1v) is 7.71. The van der Waals surface area contributed by atoms with E-state index in [2.05, 4.69) is 15.5 Å². The van der Waals surface area contributed by atoms with Crippen LogP contribution in [0, 0.1) is 6.92 Å². The van der Waals surface area contributed by atoms with Gasteiger partial charge >= 0.3 is 5.97 Å². The SMILES string of the molecule is CCOC(=O)c1cnn2c1N[C@@H](c1cn(C)nc1C)C[C@@H]2C(F)F. The van der Waals surface area contributed by atoms with Gasteiger partial charge in [-0.1, -0.05) is 0 Å². The summed E-state index contributed by atoms with van der Waals surface area (Å²) < 4.78 is 34.9. The van der Waals surface area contributed by atoms with Crippen LogP contribution in [0.25, 0.3) is 0 Å². The molecule has 0 saturated carbocycles. The second kappa shape index (κ2) is 6.21. The fourth-order valence-corrected chi connectivity index (χ4v) is 3.06. The number of carbonyl (C=O) groups excluding carboxylic acids is 1. The summed E-state index contributed by atoms with van der Waals surface area (Å²) in [5.41, 5.74) is 1.74. The van der Waals surface area contributed by atoms with Crippen LogP contribution in [0.3, 0.4) is 0 Å². The van der Waals surface area contributed by atoms with E-state index >= 15 is 0 Å². The highest BCUT2D eigenvalue weighted by atomic mass is 19.3. The fraction of sp³-hybridized carbons (Fsp3) is 0.533. The molecule has 2 atom stereocenters. The molecular weight excluding hydrogens is 320 g/mol. The topological polar surface area (TPSA) is 74.0 Å². The molecule has 3 heterocycles. The molecule has 130 valence electrons. The molecule has 7 nitrogen and oxygen atoms in total. The first kappa shape index (κ1) is 16.4. The summed E-state index contributed by atoms with van der Waals surface area (Å²) in [5, 5.41) is 11.4. The van der Waals surface area contributed by atoms with Crippen molar-refractivity contribution >= 4 is 11.8 Å². The zero-order valence-corrected chi connectivity index (χ0v) is 13.7. The van der Waals surface area contributed by atoms with Gasteiger partial charge in [-0.25, -0.2) is 18.3 Å². The smallest absolute Gasteiger partial charge is 0.343 e. The highest BCUT2D eigenvalue weighted by Crippen LogP contribution is 2.40. The van der Waals surface area contributed by atoms with E-state index in [-0.39, 0.29) is 30.5 Å². The number of halogens is 2. The van der Waals surface area contributed by atoms with Crippen LogP contribution in [0.4, 0.5) is 14.6 Å². The van der Waals surface area contributed by atoms with Gasteiger partial charge in [0, 0.05) is 18.8 Å². The molecule has 2 aromatic heterocycles. The molecule has 2 aromatic rings. The van der Waals surface area contributed by atoms with Crippen LogP contribution in [0.15, 0.2) is 12.4 Å². The van der Waals surface area contributed by atoms with Gasteiger partial charge in [0.25, 0.3) is 6.43 Å². The number of carbonyl (C=O) groups is 1. The number of aryl methyl sites for hydroxylation is 2. The maximum Gasteiger partial charge on any atom is 0.343 e. The molecule has 0 unspecified atom stereocenters. The largest absolute Gasteiger partial charge is 0.462 e. The first-order chi connectivity index (χ1) is 11.4. The fourth-order valence-electron chi connectivity index (χ4n) is 3.06. The lowest BCUT2D eigenvalue weighted by Crippen LogP contribution is -2.31. The van der Waals surface area contributed by atoms with Crippen molar-refractivity contribution in [3.05, 3.63) is 29.2 Å². The van der Waals surface area contributed by atoms with E-state index in [9.17, 15) is 13.6 Å². The Balaban J connectivity index is 2.01. The molecule has 1 aliphatic heterocycles. The lowest BCUT2D eigenvalue weighted by molar-refractivity contribution is 0.0521. The molecule has 0 bridgehead atoms. The van der Waals surface area contributed by atoms with Gasteiger partial charge in [0.1, 0.15) is 17.4 Å². The Morgan fingerprint density at radius 2 is 2.29 bits per heavy atom. The summed E-state index contributed by atoms with van der Waals surface area (Å²) in [5.74, 6) is -0.318. The molecule has 0 saturated heterocycles. The van der Waals surface area contributed by atoms with Crippen molar-refractivity contribution < 1.29 is 18.3 Å². The van der Waals surface area contributed by atoms with Crippen molar-refractivity contribution in [1.29, 1.82) is 0 Å². The van der Waals surface area contributed by atoms with Crippen molar-refractivity contribution in [2.75, 3.05) is 11.9 Å². The molecule has 0 radical (unpaired) electrons. The third-order valence-electron chi connectivity index (χ3n) is 4.11. The van der Waals surface area contributed by atoms with Crippen LogP contribution < -0.4 is 5.32 Å². The zero-order valence-electron chi connectivity index (χ0n) is 13.7. The summed E-state index contributed by atoms with van der Waals surface area (Å²) in [6.45, 7) is 3.71. The molecule has 1 N–H and O–H groups in total. The van der Waals surface area contributed by atoms with Crippen molar-refractivity contribution in [3.8, 4) is 0 Å². The van der Waals surface area contributed by atoms with E-state index in [4.69, 9.17) is 4.74 Å². The van der Waals surface area contributed by atoms with Gasteiger partial charge in [-0.2, -0.15) is 10.2 Å². The molecule has 3 rings (SSSR count). The summed E-state index contributed by atoms with van der Waals surface area (Å²) in [6, 6.07) is -1.50. The van der Waals surface area contributed by atoms with Gasteiger partial charge in [0.05, 0.1) is 24.5 Å². The summed E-state index contributed by atoms with van der Waals surface area (Å²) in [6.07, 6.45) is 0.626. The predicted molar refractivity (Wildman–Crippen MR) is 82.2 cm³/mol. The number of hydrogen-bond donors (Lipinski definition) is 1. The number of esters is 1. The van der Waals surface area contributed by atoms with Crippen molar-refractivity contribution in [3.63, 3.8) is 0 Å². The molecule has 1 aliphatic rings. The minimum atomic E-state index is -2.60. The van der Waals surface area contributed by atoms with Crippen molar-refractivity contribution in [1.82, 2.24) is 19.6 Å². The first-order valence-electron chi connectivity index (χ1n) is 7.71. The van der Waals surface area contributed by atoms with Gasteiger partial charge < -0.3 is 10.1 Å². The average Bonchev–Trinajstić information content (AvgIpc) is 3.09. The molecule has 24 heavy (non-hydrogen) atoms. The highest BCUT2D eigenvalue weighted by molar-refractivity contribution is 5.94. The van der Waals surface area contributed by atoms with Gasteiger partial charge in [0.2, 0.25) is 0 Å². The molecule has 0 aromatic carbocycles. The maximum atomic E-state index is 13.5. The van der Waals surface area contributed by atoms with Crippen LogP contribution in [-0.4, -0.2) is 38.6 Å². The molecule has 0 spiro atoms. The van der Waals surface area contributed by atoms with Crippen LogP contribution in [-0.2, 0) is 11.8 Å². The minimum Gasteiger partial charge on any atom is -0.462 e. The predicted octanol–water partition coefficient (Wildman–Crippen LogP) is 2.46. The number of alkyl halides is 2. The van der Waals surface area contributed by atoms with Crippen LogP contribution in [0.5, 0.6) is 0 Å². The lowest BCUT2D eigenvalue weighted by atomic mass is 9.97. The number of ether oxygens (including phenoxy) is 1. The van der Waals surface area contributed by atoms with Gasteiger partial charge in [-0.05, 0) is 20.3 Å². The molecule has 9 heteroatoms. The number of anilines is 1. The van der Waals surface area contributed by atoms with Gasteiger partial charge in [0.15, 0.2) is 0 Å². The number of hydrogen-bond acceptors (Lipinski definition) is 5. The Morgan fingerprint density at radius 1 is 1.54 bits per heavy atom. The second-order valence-electron chi connectivity index (χ2n) is 5.75. The number of aromatic nitrogens is 4. The number of nitrogens with one attached hydrogen (secondary N) is 1. The quantitative estimate of drug-likeness (QED) is 0.866. The molecular formula is C15H19F2N5O2. The highest BCUT2D eigenvalue weighted by Gasteiger charge is 2.37. The van der Waals surface area contributed by atoms with E-state index in [1.165, 1.54) is 10.9 Å². The Kier molecular flexibility index (Phi) is 4.25. The number of rotatable bonds is 4. The monoisotopic (exact) mass is 339 g/mol. The Morgan fingerprint density at radius 3 is 2.88 bits per heavy atom. The van der Waals surface area contributed by atoms with E-state index in [0.717, 1.165) is 11.3 Å². The van der Waals surface area contributed by atoms with E-state index < -0.39 is 18.4 Å². The summed E-state index contributed by atoms with van der Waals surface area (Å²) in [7, 11) is 1.78. The summed E-state index contributed by atoms with van der Waals surface area (Å²) in [4.78, 5) is 12.0. The third kappa shape index (κ3) is 2.74. The number of fused-ring (bicyclic) bond motifs is 1. The Bertz CT molecular complexity index is 755. The van der Waals surface area contributed by atoms with Gasteiger partial charge in [-0.15, -0.1) is 0 Å². The lowest BCUT2D eigenvalue weighted by Gasteiger charge is -2.32. The average molecular weight is 339 g/mol. The van der Waals surface area contributed by atoms with Crippen molar-refractivity contribution in [2.45, 2.75) is 38.8 Å². The van der Waals surface area contributed by atoms with E-state index in [1.807, 2.05) is 6.92 Å². The van der Waals surface area contributed by atoms with Crippen LogP contribution >= 0.6 is 0 Å². The van der Waals surface area contributed by atoms with Crippen LogP contribution in [0.2, 0.25) is 0 Å². The van der Waals surface area contributed by atoms with E-state index in [0.29, 0.717) is 0 Å². The maximum absolute atomic E-state index is 13.5. The standard InChI is InChI=1S/C15H19F2N5O2/c1-4-24-15(23)9-6-18-22-12(13(16)17)5-11(19-14(9)22)10-7-21(3)20-8(10)2/h6-7,11-13,19H,4-5H2,1-3H3/t11-,12-/m1/s1. The Labute approximate surface area is 137 Å². The normalized spacial score (nSPS) is 19.9. The molecule has 0 aliphatic carbocycles.